The highest BCUT2D eigenvalue weighted by Crippen LogP contribution is 2.28. The van der Waals surface area contributed by atoms with E-state index in [9.17, 15) is 4.79 Å². The zero-order valence-corrected chi connectivity index (χ0v) is 13.0. The number of nitrogens with one attached hydrogen (secondary N) is 1. The zero-order valence-electron chi connectivity index (χ0n) is 11.5. The fraction of sp³-hybridized carbons (Fsp3) is 0.133. The molecule has 0 aliphatic carbocycles. The molecule has 0 bridgehead atoms. The summed E-state index contributed by atoms with van der Waals surface area (Å²) in [4.78, 5) is 12.2. The number of nitrogen functional groups attached to an aromatic ring is 1. The summed E-state index contributed by atoms with van der Waals surface area (Å²) in [7, 11) is 1.51. The van der Waals surface area contributed by atoms with Crippen LogP contribution in [0.5, 0.6) is 5.75 Å². The molecule has 1 amide bonds. The van der Waals surface area contributed by atoms with Crippen LogP contribution in [0.15, 0.2) is 30.3 Å². The fourth-order valence-corrected chi connectivity index (χ4v) is 2.24. The molecule has 0 fully saturated rings. The lowest BCUT2D eigenvalue weighted by atomic mass is 10.1. The van der Waals surface area contributed by atoms with Gasteiger partial charge < -0.3 is 15.8 Å². The Hall–Kier alpha value is -1.91. The van der Waals surface area contributed by atoms with Crippen molar-refractivity contribution >= 4 is 40.5 Å². The number of rotatable bonds is 3. The monoisotopic (exact) mass is 324 g/mol. The largest absolute Gasteiger partial charge is 0.495 e. The minimum atomic E-state index is -0.328. The van der Waals surface area contributed by atoms with E-state index in [0.717, 1.165) is 5.56 Å². The Morgan fingerprint density at radius 1 is 1.19 bits per heavy atom. The lowest BCUT2D eigenvalue weighted by molar-refractivity contribution is 0.102. The van der Waals surface area contributed by atoms with Crippen LogP contribution < -0.4 is 15.8 Å². The number of nitrogens with two attached hydrogens (primary N) is 1. The maximum atomic E-state index is 12.2. The van der Waals surface area contributed by atoms with Crippen molar-refractivity contribution in [3.63, 3.8) is 0 Å². The molecule has 2 aromatic rings. The van der Waals surface area contributed by atoms with Crippen molar-refractivity contribution in [3.8, 4) is 5.75 Å². The van der Waals surface area contributed by atoms with E-state index in [1.165, 1.54) is 13.2 Å². The first kappa shape index (κ1) is 15.5. The van der Waals surface area contributed by atoms with Crippen molar-refractivity contribution < 1.29 is 9.53 Å². The first-order valence-electron chi connectivity index (χ1n) is 6.13. The molecule has 0 atom stereocenters. The summed E-state index contributed by atoms with van der Waals surface area (Å²) in [5.74, 6) is 0.178. The highest BCUT2D eigenvalue weighted by Gasteiger charge is 2.12. The molecule has 21 heavy (non-hydrogen) atoms. The molecule has 0 aliphatic heterocycles. The summed E-state index contributed by atoms with van der Waals surface area (Å²) in [6.07, 6.45) is 0. The lowest BCUT2D eigenvalue weighted by Gasteiger charge is -2.11. The standard InChI is InChI=1S/C15H14Cl2N2O2/c1-8-5-12(18)13(7-10(8)16)19-15(20)9-3-4-14(21-2)11(17)6-9/h3-7H,18H2,1-2H3,(H,19,20). The Balaban J connectivity index is 2.26. The van der Waals surface area contributed by atoms with Crippen LogP contribution in [-0.2, 0) is 0 Å². The van der Waals surface area contributed by atoms with E-state index in [-0.39, 0.29) is 5.91 Å². The predicted molar refractivity (Wildman–Crippen MR) is 86.6 cm³/mol. The van der Waals surface area contributed by atoms with Crippen LogP contribution in [-0.4, -0.2) is 13.0 Å². The van der Waals surface area contributed by atoms with Gasteiger partial charge in [-0.2, -0.15) is 0 Å². The van der Waals surface area contributed by atoms with Gasteiger partial charge in [-0.25, -0.2) is 0 Å². The second-order valence-corrected chi connectivity index (χ2v) is 5.31. The molecule has 0 aliphatic rings. The number of carbonyl (C=O) groups excluding carboxylic acids is 1. The van der Waals surface area contributed by atoms with Crippen LogP contribution in [0.1, 0.15) is 15.9 Å². The van der Waals surface area contributed by atoms with E-state index < -0.39 is 0 Å². The molecule has 0 radical (unpaired) electrons. The number of halogens is 2. The van der Waals surface area contributed by atoms with Crippen LogP contribution in [0.2, 0.25) is 10.0 Å². The maximum Gasteiger partial charge on any atom is 0.255 e. The normalized spacial score (nSPS) is 10.3. The van der Waals surface area contributed by atoms with Crippen LogP contribution >= 0.6 is 23.2 Å². The van der Waals surface area contributed by atoms with Gasteiger partial charge in [0.2, 0.25) is 0 Å². The summed E-state index contributed by atoms with van der Waals surface area (Å²) < 4.78 is 5.04. The van der Waals surface area contributed by atoms with Gasteiger partial charge >= 0.3 is 0 Å². The number of hydrogen-bond acceptors (Lipinski definition) is 3. The van der Waals surface area contributed by atoms with Gasteiger partial charge in [0.15, 0.2) is 0 Å². The second kappa shape index (κ2) is 6.24. The van der Waals surface area contributed by atoms with Crippen LogP contribution in [0.3, 0.4) is 0 Å². The number of amides is 1. The Bertz CT molecular complexity index is 702. The molecule has 3 N–H and O–H groups in total. The van der Waals surface area contributed by atoms with Crippen molar-refractivity contribution in [2.75, 3.05) is 18.2 Å². The molecule has 2 aromatic carbocycles. The van der Waals surface area contributed by atoms with Gasteiger partial charge in [-0.3, -0.25) is 4.79 Å². The molecular formula is C15H14Cl2N2O2. The molecule has 4 nitrogen and oxygen atoms in total. The molecule has 2 rings (SSSR count). The summed E-state index contributed by atoms with van der Waals surface area (Å²) in [6.45, 7) is 1.84. The molecular weight excluding hydrogens is 311 g/mol. The Morgan fingerprint density at radius 3 is 2.52 bits per heavy atom. The first-order chi connectivity index (χ1) is 9.92. The van der Waals surface area contributed by atoms with Gasteiger partial charge in [-0.1, -0.05) is 23.2 Å². The van der Waals surface area contributed by atoms with E-state index in [0.29, 0.717) is 32.7 Å². The van der Waals surface area contributed by atoms with Gasteiger partial charge in [-0.05, 0) is 42.8 Å². The van der Waals surface area contributed by atoms with Crippen LogP contribution in [0, 0.1) is 6.92 Å². The Kier molecular flexibility index (Phi) is 4.60. The van der Waals surface area contributed by atoms with Gasteiger partial charge in [0.25, 0.3) is 5.91 Å². The topological polar surface area (TPSA) is 64.3 Å². The summed E-state index contributed by atoms with van der Waals surface area (Å²) in [6, 6.07) is 8.10. The second-order valence-electron chi connectivity index (χ2n) is 4.49. The fourth-order valence-electron chi connectivity index (χ4n) is 1.81. The van der Waals surface area contributed by atoms with E-state index in [1.54, 1.807) is 24.3 Å². The zero-order chi connectivity index (χ0) is 15.6. The van der Waals surface area contributed by atoms with Crippen molar-refractivity contribution in [2.45, 2.75) is 6.92 Å². The molecule has 0 heterocycles. The Labute approximate surface area is 132 Å². The molecule has 0 saturated heterocycles. The number of ether oxygens (including phenoxy) is 1. The van der Waals surface area contributed by atoms with E-state index >= 15 is 0 Å². The molecule has 6 heteroatoms. The van der Waals surface area contributed by atoms with Gasteiger partial charge in [-0.15, -0.1) is 0 Å². The van der Waals surface area contributed by atoms with Gasteiger partial charge in [0.05, 0.1) is 23.5 Å². The molecule has 0 unspecified atom stereocenters. The molecule has 0 spiro atoms. The minimum absolute atomic E-state index is 0.328. The minimum Gasteiger partial charge on any atom is -0.495 e. The highest BCUT2D eigenvalue weighted by atomic mass is 35.5. The summed E-state index contributed by atoms with van der Waals surface area (Å²) >= 11 is 12.0. The summed E-state index contributed by atoms with van der Waals surface area (Å²) in [5.41, 5.74) is 8.03. The van der Waals surface area contributed by atoms with Crippen molar-refractivity contribution in [1.82, 2.24) is 0 Å². The average Bonchev–Trinajstić information content (AvgIpc) is 2.44. The van der Waals surface area contributed by atoms with Crippen LogP contribution in [0.4, 0.5) is 11.4 Å². The van der Waals surface area contributed by atoms with E-state index in [2.05, 4.69) is 5.32 Å². The first-order valence-corrected chi connectivity index (χ1v) is 6.88. The van der Waals surface area contributed by atoms with Crippen molar-refractivity contribution in [3.05, 3.63) is 51.5 Å². The summed E-state index contributed by atoms with van der Waals surface area (Å²) in [5, 5.41) is 3.61. The third-order valence-corrected chi connectivity index (χ3v) is 3.70. The number of aryl methyl sites for hydroxylation is 1. The predicted octanol–water partition coefficient (Wildman–Crippen LogP) is 4.14. The van der Waals surface area contributed by atoms with Crippen molar-refractivity contribution in [2.24, 2.45) is 0 Å². The highest BCUT2D eigenvalue weighted by molar-refractivity contribution is 6.33. The molecule has 0 aromatic heterocycles. The number of carbonyl (C=O) groups is 1. The SMILES string of the molecule is COc1ccc(C(=O)Nc2cc(Cl)c(C)cc2N)cc1Cl. The molecule has 0 saturated carbocycles. The van der Waals surface area contributed by atoms with E-state index in [1.807, 2.05) is 6.92 Å². The van der Waals surface area contributed by atoms with Crippen LogP contribution in [0.25, 0.3) is 0 Å². The maximum absolute atomic E-state index is 12.2. The van der Waals surface area contributed by atoms with E-state index in [4.69, 9.17) is 33.7 Å². The smallest absolute Gasteiger partial charge is 0.255 e. The number of anilines is 2. The van der Waals surface area contributed by atoms with Gasteiger partial charge in [0, 0.05) is 10.6 Å². The van der Waals surface area contributed by atoms with Crippen molar-refractivity contribution in [1.29, 1.82) is 0 Å². The van der Waals surface area contributed by atoms with Gasteiger partial charge in [0.1, 0.15) is 5.75 Å². The lowest BCUT2D eigenvalue weighted by Crippen LogP contribution is -2.13. The number of hydrogen-bond donors (Lipinski definition) is 2. The third-order valence-electron chi connectivity index (χ3n) is 2.99. The number of benzene rings is 2. The quantitative estimate of drug-likeness (QED) is 0.834. The Morgan fingerprint density at radius 2 is 1.90 bits per heavy atom. The average molecular weight is 325 g/mol. The molecule has 110 valence electrons. The third kappa shape index (κ3) is 3.40. The number of methoxy groups -OCH3 is 1.